The maximum atomic E-state index is 9.09. The summed E-state index contributed by atoms with van der Waals surface area (Å²) < 4.78 is 0. The summed E-state index contributed by atoms with van der Waals surface area (Å²) in [6.07, 6.45) is -0.381. The third kappa shape index (κ3) is 1.91. The van der Waals surface area contributed by atoms with Gasteiger partial charge in [-0.25, -0.2) is 0 Å². The molecule has 1 fully saturated rings. The van der Waals surface area contributed by atoms with E-state index in [1.807, 2.05) is 4.90 Å². The third-order valence-electron chi connectivity index (χ3n) is 1.82. The molecule has 4 heteroatoms. The van der Waals surface area contributed by atoms with E-state index in [1.54, 1.807) is 6.92 Å². The molecule has 0 aromatic carbocycles. The van der Waals surface area contributed by atoms with Crippen molar-refractivity contribution in [2.75, 3.05) is 26.2 Å². The maximum absolute atomic E-state index is 9.09. The van der Waals surface area contributed by atoms with Crippen molar-refractivity contribution in [2.45, 2.75) is 13.2 Å². The van der Waals surface area contributed by atoms with Gasteiger partial charge in [-0.1, -0.05) is 0 Å². The molecule has 0 aliphatic carbocycles. The molecule has 1 aliphatic heterocycles. The minimum atomic E-state index is -0.381. The van der Waals surface area contributed by atoms with Crippen LogP contribution < -0.4 is 0 Å². The van der Waals surface area contributed by atoms with Crippen LogP contribution in [0.2, 0.25) is 0 Å². The van der Waals surface area contributed by atoms with Gasteiger partial charge in [-0.15, -0.1) is 0 Å². The van der Waals surface area contributed by atoms with E-state index in [4.69, 9.17) is 10.3 Å². The highest BCUT2D eigenvalue weighted by molar-refractivity contribution is 4.66. The maximum Gasteiger partial charge on any atom is 0.104 e. The van der Waals surface area contributed by atoms with Gasteiger partial charge in [0.15, 0.2) is 0 Å². The number of hydrogen-bond donors (Lipinski definition) is 2. The van der Waals surface area contributed by atoms with Gasteiger partial charge < -0.3 is 10.3 Å². The van der Waals surface area contributed by atoms with E-state index in [2.05, 4.69) is 0 Å². The molecule has 1 rings (SSSR count). The Morgan fingerprint density at radius 1 is 1.20 bits per heavy atom. The predicted molar refractivity (Wildman–Crippen MR) is 36.6 cm³/mol. The zero-order chi connectivity index (χ0) is 7.56. The Balaban J connectivity index is 2.26. The lowest BCUT2D eigenvalue weighted by molar-refractivity contribution is -0.136. The van der Waals surface area contributed by atoms with Crippen molar-refractivity contribution in [3.05, 3.63) is 0 Å². The number of hydroxylamine groups is 2. The smallest absolute Gasteiger partial charge is 0.104 e. The molecular weight excluding hydrogens is 132 g/mol. The van der Waals surface area contributed by atoms with E-state index in [0.717, 1.165) is 13.1 Å². The lowest BCUT2D eigenvalue weighted by Gasteiger charge is -2.32. The van der Waals surface area contributed by atoms with Crippen LogP contribution in [0.3, 0.4) is 0 Å². The van der Waals surface area contributed by atoms with Crippen LogP contribution in [0.1, 0.15) is 6.92 Å². The molecule has 60 valence electrons. The van der Waals surface area contributed by atoms with Crippen molar-refractivity contribution in [3.63, 3.8) is 0 Å². The molecule has 1 unspecified atom stereocenters. The standard InChI is InChI=1S/C6H14N2O2/c1-6(9)7-2-4-8(10)5-3-7/h6,9-10H,2-5H2,1H3. The molecular formula is C6H14N2O2. The van der Waals surface area contributed by atoms with Crippen molar-refractivity contribution in [1.29, 1.82) is 0 Å². The highest BCUT2D eigenvalue weighted by atomic mass is 16.5. The van der Waals surface area contributed by atoms with Crippen LogP contribution >= 0.6 is 0 Å². The highest BCUT2D eigenvalue weighted by Gasteiger charge is 2.17. The summed E-state index contributed by atoms with van der Waals surface area (Å²) in [7, 11) is 0. The summed E-state index contributed by atoms with van der Waals surface area (Å²) in [6.45, 7) is 4.49. The van der Waals surface area contributed by atoms with Crippen LogP contribution in [0.5, 0.6) is 0 Å². The molecule has 1 atom stereocenters. The fraction of sp³-hybridized carbons (Fsp3) is 1.00. The monoisotopic (exact) mass is 146 g/mol. The van der Waals surface area contributed by atoms with Crippen molar-refractivity contribution < 1.29 is 10.3 Å². The minimum absolute atomic E-state index is 0.381. The highest BCUT2D eigenvalue weighted by Crippen LogP contribution is 2.01. The summed E-state index contributed by atoms with van der Waals surface area (Å²) in [6, 6.07) is 0. The van der Waals surface area contributed by atoms with Crippen molar-refractivity contribution >= 4 is 0 Å². The van der Waals surface area contributed by atoms with E-state index in [0.29, 0.717) is 13.1 Å². The molecule has 4 nitrogen and oxygen atoms in total. The van der Waals surface area contributed by atoms with Crippen LogP contribution in [0, 0.1) is 0 Å². The van der Waals surface area contributed by atoms with E-state index in [-0.39, 0.29) is 6.23 Å². The molecule has 0 amide bonds. The number of nitrogens with zero attached hydrogens (tertiary/aromatic N) is 2. The van der Waals surface area contributed by atoms with Gasteiger partial charge in [-0.05, 0) is 6.92 Å². The first-order valence-electron chi connectivity index (χ1n) is 3.56. The number of hydrogen-bond acceptors (Lipinski definition) is 4. The molecule has 2 N–H and O–H groups in total. The van der Waals surface area contributed by atoms with Gasteiger partial charge in [-0.3, -0.25) is 4.90 Å². The van der Waals surface area contributed by atoms with Gasteiger partial charge in [0.2, 0.25) is 0 Å². The van der Waals surface area contributed by atoms with Gasteiger partial charge >= 0.3 is 0 Å². The Morgan fingerprint density at radius 3 is 2.10 bits per heavy atom. The van der Waals surface area contributed by atoms with E-state index in [1.165, 1.54) is 5.06 Å². The van der Waals surface area contributed by atoms with Crippen LogP contribution in [-0.2, 0) is 0 Å². The van der Waals surface area contributed by atoms with Gasteiger partial charge in [0.25, 0.3) is 0 Å². The first-order chi connectivity index (χ1) is 4.70. The SMILES string of the molecule is CC(O)N1CCN(O)CC1. The fourth-order valence-electron chi connectivity index (χ4n) is 1.09. The zero-order valence-corrected chi connectivity index (χ0v) is 6.19. The first kappa shape index (κ1) is 7.94. The van der Waals surface area contributed by atoms with Crippen LogP contribution in [0.25, 0.3) is 0 Å². The molecule has 0 bridgehead atoms. The second-order valence-corrected chi connectivity index (χ2v) is 2.62. The van der Waals surface area contributed by atoms with E-state index in [9.17, 15) is 0 Å². The Kier molecular flexibility index (Phi) is 2.62. The third-order valence-corrected chi connectivity index (χ3v) is 1.82. The Labute approximate surface area is 60.6 Å². The molecule has 10 heavy (non-hydrogen) atoms. The fourth-order valence-corrected chi connectivity index (χ4v) is 1.09. The summed E-state index contributed by atoms with van der Waals surface area (Å²) >= 11 is 0. The molecule has 0 saturated carbocycles. The molecule has 1 aliphatic rings. The molecule has 0 aromatic rings. The quantitative estimate of drug-likeness (QED) is 0.515. The van der Waals surface area contributed by atoms with Gasteiger partial charge in [0.1, 0.15) is 6.23 Å². The largest absolute Gasteiger partial charge is 0.379 e. The number of piperazine rings is 1. The lowest BCUT2D eigenvalue weighted by atomic mass is 10.3. The average molecular weight is 146 g/mol. The van der Waals surface area contributed by atoms with Gasteiger partial charge in [0, 0.05) is 26.2 Å². The second kappa shape index (κ2) is 3.30. The van der Waals surface area contributed by atoms with Crippen molar-refractivity contribution in [1.82, 2.24) is 9.96 Å². The summed E-state index contributed by atoms with van der Waals surface area (Å²) in [5.41, 5.74) is 0. The van der Waals surface area contributed by atoms with Gasteiger partial charge in [-0.2, -0.15) is 5.06 Å². The molecule has 0 spiro atoms. The van der Waals surface area contributed by atoms with Crippen LogP contribution in [-0.4, -0.2) is 52.7 Å². The Morgan fingerprint density at radius 2 is 1.70 bits per heavy atom. The normalized spacial score (nSPS) is 26.7. The van der Waals surface area contributed by atoms with Crippen LogP contribution in [0.15, 0.2) is 0 Å². The average Bonchev–Trinajstić information content (AvgIpc) is 1.88. The zero-order valence-electron chi connectivity index (χ0n) is 6.19. The predicted octanol–water partition coefficient (Wildman–Crippen LogP) is -0.669. The lowest BCUT2D eigenvalue weighted by Crippen LogP contribution is -2.48. The topological polar surface area (TPSA) is 46.9 Å². The summed E-state index contributed by atoms with van der Waals surface area (Å²) in [4.78, 5) is 1.92. The number of aliphatic hydroxyl groups excluding tert-OH is 1. The van der Waals surface area contributed by atoms with Crippen molar-refractivity contribution in [2.24, 2.45) is 0 Å². The molecule has 0 aromatic heterocycles. The second-order valence-electron chi connectivity index (χ2n) is 2.62. The Hall–Kier alpha value is -0.160. The van der Waals surface area contributed by atoms with Crippen LogP contribution in [0.4, 0.5) is 0 Å². The first-order valence-corrected chi connectivity index (χ1v) is 3.56. The number of aliphatic hydroxyl groups is 1. The van der Waals surface area contributed by atoms with Crippen molar-refractivity contribution in [3.8, 4) is 0 Å². The molecule has 1 saturated heterocycles. The van der Waals surface area contributed by atoms with Gasteiger partial charge in [0.05, 0.1) is 0 Å². The van der Waals surface area contributed by atoms with E-state index >= 15 is 0 Å². The molecule has 0 radical (unpaired) electrons. The molecule has 1 heterocycles. The minimum Gasteiger partial charge on any atom is -0.379 e. The van der Waals surface area contributed by atoms with E-state index < -0.39 is 0 Å². The Bertz CT molecular complexity index is 99.9. The summed E-state index contributed by atoms with van der Waals surface area (Å²) in [5, 5.41) is 19.3. The number of rotatable bonds is 1. The summed E-state index contributed by atoms with van der Waals surface area (Å²) in [5.74, 6) is 0.